The Bertz CT molecular complexity index is 955. The lowest BCUT2D eigenvalue weighted by atomic mass is 10.1. The highest BCUT2D eigenvalue weighted by Gasteiger charge is 2.17. The summed E-state index contributed by atoms with van der Waals surface area (Å²) in [5, 5.41) is 0. The lowest BCUT2D eigenvalue weighted by Gasteiger charge is -2.14. The maximum Gasteiger partial charge on any atom is 0.306 e. The predicted octanol–water partition coefficient (Wildman–Crippen LogP) is 5.00. The zero-order valence-corrected chi connectivity index (χ0v) is 14.4. The van der Waals surface area contributed by atoms with Gasteiger partial charge < -0.3 is 9.15 Å². The molecule has 0 amide bonds. The minimum atomic E-state index is -0.864. The summed E-state index contributed by atoms with van der Waals surface area (Å²) in [6.07, 6.45) is 0.614. The Balaban J connectivity index is 1.57. The molecule has 0 aliphatic rings. The second-order valence-electron chi connectivity index (χ2n) is 5.90. The van der Waals surface area contributed by atoms with E-state index in [2.05, 4.69) is 4.98 Å². The fraction of sp³-hybridized carbons (Fsp3) is 0.200. The van der Waals surface area contributed by atoms with Crippen molar-refractivity contribution >= 4 is 5.97 Å². The average molecular weight is 375 g/mol. The molecule has 2 aromatic carbocycles. The van der Waals surface area contributed by atoms with E-state index in [1.165, 1.54) is 25.3 Å². The van der Waals surface area contributed by atoms with Crippen LogP contribution in [0.1, 0.15) is 30.9 Å². The van der Waals surface area contributed by atoms with Gasteiger partial charge in [-0.05, 0) is 31.2 Å². The van der Waals surface area contributed by atoms with Crippen LogP contribution in [0.25, 0.3) is 11.3 Å². The van der Waals surface area contributed by atoms with Gasteiger partial charge in [0, 0.05) is 18.1 Å². The molecular weight excluding hydrogens is 359 g/mol. The molecule has 3 rings (SSSR count). The fourth-order valence-electron chi connectivity index (χ4n) is 2.57. The number of benzene rings is 2. The normalized spacial score (nSPS) is 12.0. The predicted molar refractivity (Wildman–Crippen MR) is 91.1 cm³/mol. The smallest absolute Gasteiger partial charge is 0.306 e. The molecule has 0 N–H and O–H groups in total. The summed E-state index contributed by atoms with van der Waals surface area (Å²) in [7, 11) is 0. The van der Waals surface area contributed by atoms with Gasteiger partial charge in [0.2, 0.25) is 0 Å². The van der Waals surface area contributed by atoms with Gasteiger partial charge in [-0.1, -0.05) is 12.1 Å². The molecule has 1 aromatic heterocycles. The number of aryl methyl sites for hydroxylation is 1. The van der Waals surface area contributed by atoms with Crippen molar-refractivity contribution in [3.63, 3.8) is 0 Å². The molecule has 7 heteroatoms. The lowest BCUT2D eigenvalue weighted by molar-refractivity contribution is -0.148. The first-order chi connectivity index (χ1) is 12.9. The highest BCUT2D eigenvalue weighted by Crippen LogP contribution is 2.24. The van der Waals surface area contributed by atoms with E-state index in [0.717, 1.165) is 12.1 Å². The van der Waals surface area contributed by atoms with E-state index in [-0.39, 0.29) is 35.6 Å². The molecule has 0 aliphatic heterocycles. The van der Waals surface area contributed by atoms with E-state index < -0.39 is 29.5 Å². The molecular formula is C20H16F3NO3. The third kappa shape index (κ3) is 4.55. The van der Waals surface area contributed by atoms with Crippen LogP contribution in [0.4, 0.5) is 13.2 Å². The lowest BCUT2D eigenvalue weighted by Crippen LogP contribution is -2.11. The topological polar surface area (TPSA) is 52.3 Å². The standard InChI is InChI=1S/C20H16F3NO3/c1-12(14-7-6-13(21)10-17(14)23)26-20(25)9-8-19-24-11-18(27-19)15-4-2-3-5-16(15)22/h2-7,10-12H,8-9H2,1H3. The Morgan fingerprint density at radius 1 is 1.15 bits per heavy atom. The van der Waals surface area contributed by atoms with E-state index in [9.17, 15) is 18.0 Å². The molecule has 1 atom stereocenters. The van der Waals surface area contributed by atoms with Crippen LogP contribution in [0.5, 0.6) is 0 Å². The minimum absolute atomic E-state index is 0.0512. The van der Waals surface area contributed by atoms with Gasteiger partial charge in [0.25, 0.3) is 0 Å². The Morgan fingerprint density at radius 3 is 2.67 bits per heavy atom. The molecule has 0 radical (unpaired) electrons. The van der Waals surface area contributed by atoms with Crippen LogP contribution in [0.3, 0.4) is 0 Å². The number of carbonyl (C=O) groups is 1. The van der Waals surface area contributed by atoms with Crippen LogP contribution in [-0.4, -0.2) is 11.0 Å². The zero-order valence-electron chi connectivity index (χ0n) is 14.4. The van der Waals surface area contributed by atoms with E-state index in [1.54, 1.807) is 18.2 Å². The Morgan fingerprint density at radius 2 is 1.93 bits per heavy atom. The zero-order chi connectivity index (χ0) is 19.4. The molecule has 0 bridgehead atoms. The van der Waals surface area contributed by atoms with Crippen LogP contribution >= 0.6 is 0 Å². The first-order valence-electron chi connectivity index (χ1n) is 8.28. The van der Waals surface area contributed by atoms with Gasteiger partial charge >= 0.3 is 5.97 Å². The van der Waals surface area contributed by atoms with Crippen LogP contribution in [-0.2, 0) is 16.0 Å². The van der Waals surface area contributed by atoms with Gasteiger partial charge in [-0.15, -0.1) is 0 Å². The number of hydrogen-bond acceptors (Lipinski definition) is 4. The van der Waals surface area contributed by atoms with Gasteiger partial charge in [0.15, 0.2) is 11.7 Å². The molecule has 0 aliphatic carbocycles. The van der Waals surface area contributed by atoms with E-state index in [4.69, 9.17) is 9.15 Å². The summed E-state index contributed by atoms with van der Waals surface area (Å²) >= 11 is 0. The van der Waals surface area contributed by atoms with Crippen molar-refractivity contribution < 1.29 is 27.1 Å². The molecule has 140 valence electrons. The monoisotopic (exact) mass is 375 g/mol. The largest absolute Gasteiger partial charge is 0.458 e. The van der Waals surface area contributed by atoms with Crippen LogP contribution < -0.4 is 0 Å². The van der Waals surface area contributed by atoms with Crippen molar-refractivity contribution in [3.8, 4) is 11.3 Å². The van der Waals surface area contributed by atoms with Crippen molar-refractivity contribution in [2.24, 2.45) is 0 Å². The van der Waals surface area contributed by atoms with Crippen LogP contribution in [0.15, 0.2) is 53.1 Å². The van der Waals surface area contributed by atoms with Crippen LogP contribution in [0, 0.1) is 17.5 Å². The number of halogens is 3. The van der Waals surface area contributed by atoms with E-state index >= 15 is 0 Å². The van der Waals surface area contributed by atoms with Crippen LogP contribution in [0.2, 0.25) is 0 Å². The van der Waals surface area contributed by atoms with Gasteiger partial charge in [-0.2, -0.15) is 0 Å². The maximum absolute atomic E-state index is 13.7. The summed E-state index contributed by atoms with van der Waals surface area (Å²) < 4.78 is 51.0. The Hall–Kier alpha value is -3.09. The van der Waals surface area contributed by atoms with Gasteiger partial charge in [0.1, 0.15) is 23.6 Å². The molecule has 3 aromatic rings. The summed E-state index contributed by atoms with van der Waals surface area (Å²) in [6.45, 7) is 1.50. The summed E-state index contributed by atoms with van der Waals surface area (Å²) in [5.74, 6) is -1.99. The summed E-state index contributed by atoms with van der Waals surface area (Å²) in [5.41, 5.74) is 0.363. The third-order valence-electron chi connectivity index (χ3n) is 3.94. The number of esters is 1. The van der Waals surface area contributed by atoms with Crippen molar-refractivity contribution in [1.29, 1.82) is 0 Å². The number of hydrogen-bond donors (Lipinski definition) is 0. The first kappa shape index (κ1) is 18.7. The molecule has 1 heterocycles. The highest BCUT2D eigenvalue weighted by atomic mass is 19.1. The van der Waals surface area contributed by atoms with Gasteiger partial charge in [0.05, 0.1) is 18.2 Å². The molecule has 4 nitrogen and oxygen atoms in total. The van der Waals surface area contributed by atoms with Crippen molar-refractivity contribution in [2.75, 3.05) is 0 Å². The maximum atomic E-state index is 13.7. The average Bonchev–Trinajstić information content (AvgIpc) is 3.09. The molecule has 1 unspecified atom stereocenters. The van der Waals surface area contributed by atoms with E-state index in [0.29, 0.717) is 0 Å². The number of rotatable bonds is 6. The molecule has 0 spiro atoms. The molecule has 27 heavy (non-hydrogen) atoms. The molecule has 0 fully saturated rings. The number of nitrogens with zero attached hydrogens (tertiary/aromatic N) is 1. The Labute approximate surface area is 153 Å². The molecule has 0 saturated carbocycles. The molecule has 0 saturated heterocycles. The highest BCUT2D eigenvalue weighted by molar-refractivity contribution is 5.70. The van der Waals surface area contributed by atoms with Crippen molar-refractivity contribution in [2.45, 2.75) is 25.9 Å². The first-order valence-corrected chi connectivity index (χ1v) is 8.28. The number of aromatic nitrogens is 1. The fourth-order valence-corrected chi connectivity index (χ4v) is 2.57. The number of oxazole rings is 1. The van der Waals surface area contributed by atoms with Crippen molar-refractivity contribution in [3.05, 3.63) is 77.6 Å². The SMILES string of the molecule is CC(OC(=O)CCc1ncc(-c2ccccc2F)o1)c1ccc(F)cc1F. The number of carbonyl (C=O) groups excluding carboxylic acids is 1. The second kappa shape index (κ2) is 8.07. The number of ether oxygens (including phenoxy) is 1. The summed E-state index contributed by atoms with van der Waals surface area (Å²) in [6, 6.07) is 9.18. The van der Waals surface area contributed by atoms with E-state index in [1.807, 2.05) is 0 Å². The second-order valence-corrected chi connectivity index (χ2v) is 5.90. The minimum Gasteiger partial charge on any atom is -0.458 e. The van der Waals surface area contributed by atoms with Gasteiger partial charge in [-0.3, -0.25) is 4.79 Å². The third-order valence-corrected chi connectivity index (χ3v) is 3.94. The summed E-state index contributed by atoms with van der Waals surface area (Å²) in [4.78, 5) is 16.0. The van der Waals surface area contributed by atoms with Gasteiger partial charge in [-0.25, -0.2) is 18.2 Å². The Kier molecular flexibility index (Phi) is 5.59. The van der Waals surface area contributed by atoms with Crippen molar-refractivity contribution in [1.82, 2.24) is 4.98 Å². The quantitative estimate of drug-likeness (QED) is 0.569.